The van der Waals surface area contributed by atoms with Gasteiger partial charge in [0.25, 0.3) is 5.91 Å². The van der Waals surface area contributed by atoms with Crippen molar-refractivity contribution in [1.29, 1.82) is 5.26 Å². The molecule has 118 valence electrons. The Morgan fingerprint density at radius 1 is 1.35 bits per heavy atom. The van der Waals surface area contributed by atoms with Crippen LogP contribution in [0.15, 0.2) is 24.3 Å². The second-order valence-corrected chi connectivity index (χ2v) is 6.81. The summed E-state index contributed by atoms with van der Waals surface area (Å²) in [5, 5.41) is 13.3. The van der Waals surface area contributed by atoms with Gasteiger partial charge in [-0.2, -0.15) is 5.26 Å². The highest BCUT2D eigenvalue weighted by Gasteiger charge is 2.21. The van der Waals surface area contributed by atoms with Crippen LogP contribution < -0.4 is 10.1 Å². The number of carbonyl (C=O) groups is 1. The van der Waals surface area contributed by atoms with E-state index >= 15 is 0 Å². The van der Waals surface area contributed by atoms with Gasteiger partial charge in [-0.3, -0.25) is 4.79 Å². The maximum Gasteiger partial charge on any atom is 0.262 e. The zero-order valence-electron chi connectivity index (χ0n) is 12.4. The van der Waals surface area contributed by atoms with Crippen molar-refractivity contribution >= 4 is 33.8 Å². The Hall–Kier alpha value is -2.03. The second kappa shape index (κ2) is 7.03. The molecule has 1 aliphatic rings. The minimum atomic E-state index is -0.292. The number of fused-ring (bicyclic) bond motifs is 1. The van der Waals surface area contributed by atoms with E-state index in [9.17, 15) is 10.1 Å². The maximum atomic E-state index is 12.1. The van der Waals surface area contributed by atoms with Gasteiger partial charge in [0.05, 0.1) is 10.6 Å². The van der Waals surface area contributed by atoms with Crippen molar-refractivity contribution in [3.63, 3.8) is 0 Å². The Labute approximate surface area is 143 Å². The minimum absolute atomic E-state index is 0.142. The smallest absolute Gasteiger partial charge is 0.262 e. The minimum Gasteiger partial charge on any atom is -0.482 e. The van der Waals surface area contributed by atoms with Crippen molar-refractivity contribution in [2.75, 3.05) is 11.9 Å². The normalized spacial score (nSPS) is 13.0. The number of rotatable bonds is 4. The quantitative estimate of drug-likeness (QED) is 0.903. The Kier molecular flexibility index (Phi) is 4.85. The summed E-state index contributed by atoms with van der Waals surface area (Å²) in [6.45, 7) is -0.142. The van der Waals surface area contributed by atoms with Crippen molar-refractivity contribution in [3.05, 3.63) is 45.3 Å². The molecule has 0 bridgehead atoms. The van der Waals surface area contributed by atoms with Crippen LogP contribution in [-0.2, 0) is 17.6 Å². The highest BCUT2D eigenvalue weighted by Crippen LogP contribution is 2.37. The van der Waals surface area contributed by atoms with Gasteiger partial charge in [-0.05, 0) is 43.4 Å². The van der Waals surface area contributed by atoms with Gasteiger partial charge in [-0.15, -0.1) is 11.3 Å². The molecule has 2 aromatic rings. The summed E-state index contributed by atoms with van der Waals surface area (Å²) in [5.74, 6) is 0.176. The SMILES string of the molecule is N#Cc1c(NC(=O)COc2ccccc2Cl)sc2c1CCCC2. The van der Waals surface area contributed by atoms with Crippen LogP contribution in [0.4, 0.5) is 5.00 Å². The van der Waals surface area contributed by atoms with E-state index in [2.05, 4.69) is 11.4 Å². The van der Waals surface area contributed by atoms with Crippen molar-refractivity contribution in [3.8, 4) is 11.8 Å². The predicted octanol–water partition coefficient (Wildman–Crippen LogP) is 4.17. The number of aryl methyl sites for hydroxylation is 1. The molecule has 6 heteroatoms. The third-order valence-electron chi connectivity index (χ3n) is 3.73. The third-order valence-corrected chi connectivity index (χ3v) is 5.25. The number of nitrogens with zero attached hydrogens (tertiary/aromatic N) is 1. The van der Waals surface area contributed by atoms with Gasteiger partial charge in [-0.1, -0.05) is 23.7 Å². The van der Waals surface area contributed by atoms with Gasteiger partial charge in [0, 0.05) is 4.88 Å². The average molecular weight is 347 g/mol. The van der Waals surface area contributed by atoms with E-state index in [1.54, 1.807) is 24.3 Å². The molecule has 4 nitrogen and oxygen atoms in total. The molecule has 0 spiro atoms. The fourth-order valence-electron chi connectivity index (χ4n) is 2.64. The van der Waals surface area contributed by atoms with Gasteiger partial charge in [0.2, 0.25) is 0 Å². The molecular weight excluding hydrogens is 332 g/mol. The molecular formula is C17H15ClN2O2S. The number of nitrogens with one attached hydrogen (secondary N) is 1. The first kappa shape index (κ1) is 15.9. The van der Waals surface area contributed by atoms with Crippen LogP contribution in [-0.4, -0.2) is 12.5 Å². The lowest BCUT2D eigenvalue weighted by Crippen LogP contribution is -2.20. The Morgan fingerprint density at radius 3 is 2.91 bits per heavy atom. The van der Waals surface area contributed by atoms with Gasteiger partial charge >= 0.3 is 0 Å². The van der Waals surface area contributed by atoms with Crippen molar-refractivity contribution in [2.45, 2.75) is 25.7 Å². The number of hydrogen-bond acceptors (Lipinski definition) is 4. The molecule has 0 saturated carbocycles. The molecule has 0 aliphatic heterocycles. The lowest BCUT2D eigenvalue weighted by molar-refractivity contribution is -0.118. The Bertz CT molecular complexity index is 779. The van der Waals surface area contributed by atoms with Crippen molar-refractivity contribution in [1.82, 2.24) is 0 Å². The highest BCUT2D eigenvalue weighted by atomic mass is 35.5. The highest BCUT2D eigenvalue weighted by molar-refractivity contribution is 7.16. The fraction of sp³-hybridized carbons (Fsp3) is 0.294. The monoisotopic (exact) mass is 346 g/mol. The molecule has 0 saturated heterocycles. The first-order valence-electron chi connectivity index (χ1n) is 7.41. The molecule has 0 radical (unpaired) electrons. The zero-order valence-corrected chi connectivity index (χ0v) is 14.0. The van der Waals surface area contributed by atoms with Gasteiger partial charge in [0.15, 0.2) is 6.61 Å². The summed E-state index contributed by atoms with van der Waals surface area (Å²) < 4.78 is 5.42. The van der Waals surface area contributed by atoms with E-state index in [0.717, 1.165) is 31.2 Å². The first-order chi connectivity index (χ1) is 11.2. The fourth-order valence-corrected chi connectivity index (χ4v) is 4.09. The van der Waals surface area contributed by atoms with Crippen LogP contribution in [0.1, 0.15) is 28.8 Å². The molecule has 1 amide bonds. The van der Waals surface area contributed by atoms with E-state index in [0.29, 0.717) is 21.3 Å². The molecule has 23 heavy (non-hydrogen) atoms. The summed E-state index contributed by atoms with van der Waals surface area (Å²) in [6, 6.07) is 9.23. The van der Waals surface area contributed by atoms with E-state index in [1.807, 2.05) is 0 Å². The first-order valence-corrected chi connectivity index (χ1v) is 8.60. The number of hydrogen-bond donors (Lipinski definition) is 1. The lowest BCUT2D eigenvalue weighted by Gasteiger charge is -2.09. The summed E-state index contributed by atoms with van der Waals surface area (Å²) in [5.41, 5.74) is 1.71. The number of amides is 1. The lowest BCUT2D eigenvalue weighted by atomic mass is 9.96. The van der Waals surface area contributed by atoms with Crippen LogP contribution in [0.2, 0.25) is 5.02 Å². The van der Waals surface area contributed by atoms with Gasteiger partial charge < -0.3 is 10.1 Å². The Balaban J connectivity index is 1.68. The topological polar surface area (TPSA) is 62.1 Å². The summed E-state index contributed by atoms with van der Waals surface area (Å²) >= 11 is 7.49. The summed E-state index contributed by atoms with van der Waals surface area (Å²) in [6.07, 6.45) is 4.14. The maximum absolute atomic E-state index is 12.1. The van der Waals surface area contributed by atoms with E-state index < -0.39 is 0 Å². The molecule has 1 aromatic heterocycles. The third kappa shape index (κ3) is 3.49. The van der Waals surface area contributed by atoms with Crippen LogP contribution in [0, 0.1) is 11.3 Å². The molecule has 1 aliphatic carbocycles. The molecule has 0 fully saturated rings. The van der Waals surface area contributed by atoms with Crippen LogP contribution in [0.25, 0.3) is 0 Å². The van der Waals surface area contributed by atoms with Gasteiger partial charge in [-0.25, -0.2) is 0 Å². The Morgan fingerprint density at radius 2 is 2.13 bits per heavy atom. The van der Waals surface area contributed by atoms with Crippen LogP contribution in [0.3, 0.4) is 0 Å². The molecule has 1 aromatic carbocycles. The number of thiophene rings is 1. The number of ether oxygens (including phenoxy) is 1. The molecule has 1 heterocycles. The number of nitriles is 1. The number of anilines is 1. The predicted molar refractivity (Wildman–Crippen MR) is 91.3 cm³/mol. The average Bonchev–Trinajstić information content (AvgIpc) is 2.91. The van der Waals surface area contributed by atoms with Crippen LogP contribution >= 0.6 is 22.9 Å². The van der Waals surface area contributed by atoms with Crippen molar-refractivity contribution in [2.24, 2.45) is 0 Å². The number of carbonyl (C=O) groups excluding carboxylic acids is 1. The standard InChI is InChI=1S/C17H15ClN2O2S/c18-13-6-2-3-7-14(13)22-10-16(21)20-17-12(9-19)11-5-1-4-8-15(11)23-17/h2-3,6-7H,1,4-5,8,10H2,(H,20,21). The summed E-state index contributed by atoms with van der Waals surface area (Å²) in [7, 11) is 0. The van der Waals surface area contributed by atoms with Crippen LogP contribution in [0.5, 0.6) is 5.75 Å². The van der Waals surface area contributed by atoms with Gasteiger partial charge in [0.1, 0.15) is 16.8 Å². The van der Waals surface area contributed by atoms with E-state index in [4.69, 9.17) is 16.3 Å². The number of benzene rings is 1. The molecule has 1 N–H and O–H groups in total. The molecule has 0 unspecified atom stereocenters. The van der Waals surface area contributed by atoms with Crippen molar-refractivity contribution < 1.29 is 9.53 Å². The number of halogens is 1. The largest absolute Gasteiger partial charge is 0.482 e. The van der Waals surface area contributed by atoms with E-state index in [1.165, 1.54) is 16.2 Å². The molecule has 3 rings (SSSR count). The zero-order chi connectivity index (χ0) is 16.2. The summed E-state index contributed by atoms with van der Waals surface area (Å²) in [4.78, 5) is 13.3. The number of para-hydroxylation sites is 1. The molecule has 0 atom stereocenters. The van der Waals surface area contributed by atoms with E-state index in [-0.39, 0.29) is 12.5 Å². The second-order valence-electron chi connectivity index (χ2n) is 5.29.